The molecule has 3 heterocycles. The second kappa shape index (κ2) is 10.2. The zero-order valence-electron chi connectivity index (χ0n) is 18.2. The highest BCUT2D eigenvalue weighted by Crippen LogP contribution is 2.18. The number of piperazine rings is 1. The Morgan fingerprint density at radius 1 is 1.03 bits per heavy atom. The number of rotatable bonds is 6. The number of likely N-dealkylation sites (tertiary alicyclic amines) is 1. The number of carbonyl (C=O) groups is 1. The van der Waals surface area contributed by atoms with E-state index in [0.29, 0.717) is 19.5 Å². The molecule has 0 aliphatic carbocycles. The molecule has 31 heavy (non-hydrogen) atoms. The third-order valence-corrected chi connectivity index (χ3v) is 5.80. The van der Waals surface area contributed by atoms with Crippen molar-refractivity contribution in [3.05, 3.63) is 53.9 Å². The number of hydrogen-bond acceptors (Lipinski definition) is 5. The Morgan fingerprint density at radius 3 is 2.45 bits per heavy atom. The Hall–Kier alpha value is -3.16. The molecule has 2 aliphatic rings. The fourth-order valence-electron chi connectivity index (χ4n) is 4.10. The molecule has 0 radical (unpaired) electrons. The summed E-state index contributed by atoms with van der Waals surface area (Å²) in [6.45, 7) is 8.52. The predicted molar refractivity (Wildman–Crippen MR) is 122 cm³/mol. The summed E-state index contributed by atoms with van der Waals surface area (Å²) in [7, 11) is 0. The average molecular weight is 422 g/mol. The van der Waals surface area contributed by atoms with Crippen LogP contribution in [0.3, 0.4) is 0 Å². The first-order valence-electron chi connectivity index (χ1n) is 11.1. The lowest BCUT2D eigenvalue weighted by molar-refractivity contribution is -0.128. The van der Waals surface area contributed by atoms with Crippen molar-refractivity contribution >= 4 is 17.8 Å². The summed E-state index contributed by atoms with van der Waals surface area (Å²) in [5.74, 6) is 1.98. The average Bonchev–Trinajstić information content (AvgIpc) is 3.22. The first-order valence-corrected chi connectivity index (χ1v) is 11.1. The largest absolute Gasteiger partial charge is 0.357 e. The fraction of sp³-hybridized carbons (Fsp3) is 0.478. The molecule has 2 aliphatic heterocycles. The summed E-state index contributed by atoms with van der Waals surface area (Å²) in [5, 5.41) is 3.44. The molecular formula is C23H31N7O. The van der Waals surface area contributed by atoms with Gasteiger partial charge in [0.05, 0.1) is 6.54 Å². The molecule has 2 aromatic rings. The topological polar surface area (TPSA) is 77.0 Å². The number of carbonyl (C=O) groups excluding carboxylic acids is 1. The van der Waals surface area contributed by atoms with E-state index in [4.69, 9.17) is 4.99 Å². The molecule has 1 aromatic carbocycles. The van der Waals surface area contributed by atoms with E-state index in [2.05, 4.69) is 44.1 Å². The normalized spacial score (nSPS) is 17.4. The molecule has 0 spiro atoms. The molecule has 0 unspecified atom stereocenters. The van der Waals surface area contributed by atoms with Crippen LogP contribution >= 0.6 is 0 Å². The lowest BCUT2D eigenvalue weighted by Gasteiger charge is -2.36. The Kier molecular flexibility index (Phi) is 6.96. The first-order chi connectivity index (χ1) is 15.2. The summed E-state index contributed by atoms with van der Waals surface area (Å²) in [5.41, 5.74) is 2.36. The SMILES string of the molecule is CCNC(=NCc1ccccc1CN1CCCC1=O)N1CCN(c2ncccn2)CC1. The van der Waals surface area contributed by atoms with Crippen LogP contribution < -0.4 is 10.2 Å². The lowest BCUT2D eigenvalue weighted by atomic mass is 10.1. The number of nitrogens with one attached hydrogen (secondary N) is 1. The van der Waals surface area contributed by atoms with Gasteiger partial charge in [0.25, 0.3) is 0 Å². The Labute approximate surface area is 184 Å². The van der Waals surface area contributed by atoms with Gasteiger partial charge < -0.3 is 20.0 Å². The number of benzene rings is 1. The minimum atomic E-state index is 0.256. The van der Waals surface area contributed by atoms with E-state index < -0.39 is 0 Å². The van der Waals surface area contributed by atoms with Crippen LogP contribution in [0.25, 0.3) is 0 Å². The van der Waals surface area contributed by atoms with E-state index >= 15 is 0 Å². The van der Waals surface area contributed by atoms with E-state index in [1.54, 1.807) is 12.4 Å². The number of hydrogen-bond donors (Lipinski definition) is 1. The molecule has 1 N–H and O–H groups in total. The molecule has 0 bridgehead atoms. The number of aromatic nitrogens is 2. The van der Waals surface area contributed by atoms with E-state index in [1.165, 1.54) is 11.1 Å². The lowest BCUT2D eigenvalue weighted by Crippen LogP contribution is -2.53. The monoisotopic (exact) mass is 421 g/mol. The van der Waals surface area contributed by atoms with Crippen molar-refractivity contribution < 1.29 is 4.79 Å². The first kappa shape index (κ1) is 21.1. The van der Waals surface area contributed by atoms with Crippen LogP contribution in [0.4, 0.5) is 5.95 Å². The van der Waals surface area contributed by atoms with Crippen LogP contribution in [0.2, 0.25) is 0 Å². The highest BCUT2D eigenvalue weighted by atomic mass is 16.2. The maximum Gasteiger partial charge on any atom is 0.225 e. The molecule has 2 fully saturated rings. The van der Waals surface area contributed by atoms with E-state index in [9.17, 15) is 4.79 Å². The van der Waals surface area contributed by atoms with Crippen LogP contribution in [0.5, 0.6) is 0 Å². The van der Waals surface area contributed by atoms with Gasteiger partial charge in [-0.1, -0.05) is 24.3 Å². The number of nitrogens with zero attached hydrogens (tertiary/aromatic N) is 6. The third kappa shape index (κ3) is 5.31. The minimum Gasteiger partial charge on any atom is -0.357 e. The molecule has 0 saturated carbocycles. The van der Waals surface area contributed by atoms with Crippen LogP contribution in [0, 0.1) is 0 Å². The quantitative estimate of drug-likeness (QED) is 0.567. The molecule has 1 amide bonds. The maximum absolute atomic E-state index is 12.0. The number of guanidine groups is 1. The van der Waals surface area contributed by atoms with Gasteiger partial charge in [-0.05, 0) is 30.5 Å². The van der Waals surface area contributed by atoms with Gasteiger partial charge in [0.2, 0.25) is 11.9 Å². The summed E-state index contributed by atoms with van der Waals surface area (Å²) < 4.78 is 0. The molecule has 1 aromatic heterocycles. The highest BCUT2D eigenvalue weighted by Gasteiger charge is 2.22. The van der Waals surface area contributed by atoms with Crippen molar-refractivity contribution in [3.63, 3.8) is 0 Å². The Balaban J connectivity index is 1.41. The number of amides is 1. The smallest absolute Gasteiger partial charge is 0.225 e. The summed E-state index contributed by atoms with van der Waals surface area (Å²) in [4.78, 5) is 32.2. The van der Waals surface area contributed by atoms with E-state index in [-0.39, 0.29) is 5.91 Å². The number of anilines is 1. The second-order valence-electron chi connectivity index (χ2n) is 7.88. The molecule has 0 atom stereocenters. The van der Waals surface area contributed by atoms with Crippen molar-refractivity contribution in [1.29, 1.82) is 0 Å². The third-order valence-electron chi connectivity index (χ3n) is 5.80. The minimum absolute atomic E-state index is 0.256. The predicted octanol–water partition coefficient (Wildman–Crippen LogP) is 1.89. The standard InChI is InChI=1S/C23H31N7O/c1-2-24-22(28-13-15-29(16-14-28)23-25-10-6-11-26-23)27-17-19-7-3-4-8-20(19)18-30-12-5-9-21(30)31/h3-4,6-8,10-11H,2,5,9,12-18H2,1H3,(H,24,27). The molecule has 8 nitrogen and oxygen atoms in total. The van der Waals surface area contributed by atoms with Crippen LogP contribution in [-0.2, 0) is 17.9 Å². The van der Waals surface area contributed by atoms with Crippen LogP contribution in [-0.4, -0.2) is 70.9 Å². The molecule has 4 rings (SSSR count). The maximum atomic E-state index is 12.0. The van der Waals surface area contributed by atoms with Crippen molar-refractivity contribution in [2.45, 2.75) is 32.9 Å². The van der Waals surface area contributed by atoms with Gasteiger partial charge in [-0.2, -0.15) is 0 Å². The second-order valence-corrected chi connectivity index (χ2v) is 7.88. The van der Waals surface area contributed by atoms with Gasteiger partial charge in [0, 0.05) is 64.6 Å². The van der Waals surface area contributed by atoms with Gasteiger partial charge >= 0.3 is 0 Å². The molecular weight excluding hydrogens is 390 g/mol. The molecule has 2 saturated heterocycles. The van der Waals surface area contributed by atoms with Crippen LogP contribution in [0.15, 0.2) is 47.7 Å². The Morgan fingerprint density at radius 2 is 1.77 bits per heavy atom. The van der Waals surface area contributed by atoms with Crippen molar-refractivity contribution in [3.8, 4) is 0 Å². The fourth-order valence-corrected chi connectivity index (χ4v) is 4.10. The summed E-state index contributed by atoms with van der Waals surface area (Å²) in [6, 6.07) is 10.2. The molecule has 164 valence electrons. The van der Waals surface area contributed by atoms with Gasteiger partial charge in [0.1, 0.15) is 0 Å². The number of aliphatic imine (C=N–C) groups is 1. The van der Waals surface area contributed by atoms with Gasteiger partial charge in [-0.15, -0.1) is 0 Å². The van der Waals surface area contributed by atoms with Crippen molar-refractivity contribution in [1.82, 2.24) is 25.1 Å². The van der Waals surface area contributed by atoms with Crippen molar-refractivity contribution in [2.24, 2.45) is 4.99 Å². The van der Waals surface area contributed by atoms with Gasteiger partial charge in [0.15, 0.2) is 5.96 Å². The van der Waals surface area contributed by atoms with Crippen LogP contribution in [0.1, 0.15) is 30.9 Å². The Bertz CT molecular complexity index is 894. The van der Waals surface area contributed by atoms with E-state index in [1.807, 2.05) is 23.1 Å². The van der Waals surface area contributed by atoms with E-state index in [0.717, 1.165) is 57.6 Å². The zero-order valence-corrected chi connectivity index (χ0v) is 18.2. The van der Waals surface area contributed by atoms with Crippen molar-refractivity contribution in [2.75, 3.05) is 44.2 Å². The summed E-state index contributed by atoms with van der Waals surface area (Å²) >= 11 is 0. The van der Waals surface area contributed by atoms with Gasteiger partial charge in [-0.25, -0.2) is 15.0 Å². The zero-order chi connectivity index (χ0) is 21.5. The molecule has 8 heteroatoms. The highest BCUT2D eigenvalue weighted by molar-refractivity contribution is 5.80. The summed E-state index contributed by atoms with van der Waals surface area (Å²) in [6.07, 6.45) is 5.20. The van der Waals surface area contributed by atoms with Gasteiger partial charge in [-0.3, -0.25) is 4.79 Å².